The normalized spacial score (nSPS) is 12.2. The van der Waals surface area contributed by atoms with Gasteiger partial charge in [0.2, 0.25) is 0 Å². The van der Waals surface area contributed by atoms with Crippen molar-refractivity contribution >= 4 is 17.1 Å². The summed E-state index contributed by atoms with van der Waals surface area (Å²) in [6.45, 7) is 4.09. The highest BCUT2D eigenvalue weighted by atomic mass is 16.5. The van der Waals surface area contributed by atoms with Gasteiger partial charge in [-0.3, -0.25) is 4.79 Å². The number of rotatable bonds is 9. The molecule has 5 heteroatoms. The molecule has 0 bridgehead atoms. The van der Waals surface area contributed by atoms with Crippen molar-refractivity contribution in [1.82, 2.24) is 0 Å². The number of hydrogen-bond donors (Lipinski definition) is 2. The highest BCUT2D eigenvalue weighted by Gasteiger charge is 2.26. The molecule has 182 valence electrons. The van der Waals surface area contributed by atoms with Gasteiger partial charge in [-0.25, -0.2) is 0 Å². The van der Waals surface area contributed by atoms with E-state index in [9.17, 15) is 15.2 Å². The van der Waals surface area contributed by atoms with Gasteiger partial charge in [-0.2, -0.15) is 5.26 Å². The SMILES string of the molecule is CC(C)(N)[C@H](O)c1cc(CCCOc2ccc(-c3cccc(C=O)c3)cc2C#N)cc2ccccc12. The first kappa shape index (κ1) is 25.1. The predicted molar refractivity (Wildman–Crippen MR) is 143 cm³/mol. The van der Waals surface area contributed by atoms with Gasteiger partial charge in [-0.1, -0.05) is 60.7 Å². The van der Waals surface area contributed by atoms with Gasteiger partial charge >= 0.3 is 0 Å². The number of carbonyl (C=O) groups is 1. The van der Waals surface area contributed by atoms with Crippen LogP contribution in [0.3, 0.4) is 0 Å². The van der Waals surface area contributed by atoms with Gasteiger partial charge in [0, 0.05) is 11.1 Å². The van der Waals surface area contributed by atoms with Crippen LogP contribution in [-0.2, 0) is 6.42 Å². The molecule has 0 saturated heterocycles. The van der Waals surface area contributed by atoms with E-state index in [0.29, 0.717) is 23.5 Å². The highest BCUT2D eigenvalue weighted by molar-refractivity contribution is 5.87. The lowest BCUT2D eigenvalue weighted by Gasteiger charge is -2.27. The van der Waals surface area contributed by atoms with E-state index in [1.165, 1.54) is 0 Å². The molecule has 0 saturated carbocycles. The van der Waals surface area contributed by atoms with E-state index in [-0.39, 0.29) is 0 Å². The summed E-state index contributed by atoms with van der Waals surface area (Å²) in [5.74, 6) is 0.535. The van der Waals surface area contributed by atoms with Crippen molar-refractivity contribution in [2.24, 2.45) is 5.73 Å². The van der Waals surface area contributed by atoms with Gasteiger partial charge in [0.1, 0.15) is 18.1 Å². The second-order valence-electron chi connectivity index (χ2n) is 9.65. The number of carbonyl (C=O) groups excluding carboxylic acids is 1. The van der Waals surface area contributed by atoms with Crippen molar-refractivity contribution in [3.63, 3.8) is 0 Å². The lowest BCUT2D eigenvalue weighted by molar-refractivity contribution is 0.106. The number of nitriles is 1. The molecule has 4 aromatic rings. The number of benzene rings is 4. The lowest BCUT2D eigenvalue weighted by atomic mass is 9.87. The molecule has 4 aromatic carbocycles. The zero-order valence-corrected chi connectivity index (χ0v) is 20.6. The van der Waals surface area contributed by atoms with Crippen molar-refractivity contribution in [3.05, 3.63) is 101 Å². The van der Waals surface area contributed by atoms with Crippen molar-refractivity contribution in [1.29, 1.82) is 5.26 Å². The van der Waals surface area contributed by atoms with E-state index in [2.05, 4.69) is 12.1 Å². The van der Waals surface area contributed by atoms with Crippen molar-refractivity contribution < 1.29 is 14.6 Å². The van der Waals surface area contributed by atoms with Crippen LogP contribution in [-0.4, -0.2) is 23.5 Å². The summed E-state index contributed by atoms with van der Waals surface area (Å²) in [7, 11) is 0. The Morgan fingerprint density at radius 1 is 1.03 bits per heavy atom. The molecule has 0 radical (unpaired) electrons. The average Bonchev–Trinajstić information content (AvgIpc) is 2.89. The number of nitrogens with zero attached hydrogens (tertiary/aromatic N) is 1. The molecule has 1 atom stereocenters. The Kier molecular flexibility index (Phi) is 7.49. The zero-order chi connectivity index (χ0) is 25.7. The van der Waals surface area contributed by atoms with E-state index >= 15 is 0 Å². The first-order valence-corrected chi connectivity index (χ1v) is 12.0. The molecule has 3 N–H and O–H groups in total. The molecule has 4 rings (SSSR count). The Hall–Kier alpha value is -3.98. The van der Waals surface area contributed by atoms with Crippen LogP contribution >= 0.6 is 0 Å². The van der Waals surface area contributed by atoms with Gasteiger partial charge in [0.25, 0.3) is 0 Å². The molecule has 0 aromatic heterocycles. The van der Waals surface area contributed by atoms with Crippen LogP contribution in [0.4, 0.5) is 0 Å². The van der Waals surface area contributed by atoms with Crippen molar-refractivity contribution in [2.45, 2.75) is 38.3 Å². The average molecular weight is 479 g/mol. The Bertz CT molecular complexity index is 1430. The number of hydrogen-bond acceptors (Lipinski definition) is 5. The summed E-state index contributed by atoms with van der Waals surface area (Å²) >= 11 is 0. The van der Waals surface area contributed by atoms with E-state index in [4.69, 9.17) is 10.5 Å². The first-order chi connectivity index (χ1) is 17.3. The molecular formula is C31H30N2O3. The number of aryl methyl sites for hydroxylation is 1. The predicted octanol–water partition coefficient (Wildman–Crippen LogP) is 5.97. The molecule has 0 aliphatic rings. The fourth-order valence-corrected chi connectivity index (χ4v) is 4.35. The molecule has 0 spiro atoms. The first-order valence-electron chi connectivity index (χ1n) is 12.0. The Labute approximate surface area is 211 Å². The summed E-state index contributed by atoms with van der Waals surface area (Å²) in [6.07, 6.45) is 1.52. The Balaban J connectivity index is 1.46. The number of aldehydes is 1. The minimum atomic E-state index is -0.789. The number of ether oxygens (including phenoxy) is 1. The van der Waals surface area contributed by atoms with E-state index < -0.39 is 11.6 Å². The maximum Gasteiger partial charge on any atom is 0.150 e. The third-order valence-electron chi connectivity index (χ3n) is 6.28. The van der Waals surface area contributed by atoms with Crippen molar-refractivity contribution in [3.8, 4) is 22.9 Å². The number of nitrogens with two attached hydrogens (primary N) is 1. The molecule has 0 aliphatic heterocycles. The second kappa shape index (κ2) is 10.7. The monoisotopic (exact) mass is 478 g/mol. The minimum absolute atomic E-state index is 0.446. The lowest BCUT2D eigenvalue weighted by Crippen LogP contribution is -2.39. The van der Waals surface area contributed by atoms with Crippen LogP contribution in [0.25, 0.3) is 21.9 Å². The Morgan fingerprint density at radius 2 is 1.81 bits per heavy atom. The maximum absolute atomic E-state index is 11.1. The third-order valence-corrected chi connectivity index (χ3v) is 6.28. The van der Waals surface area contributed by atoms with E-state index in [1.54, 1.807) is 24.3 Å². The second-order valence-corrected chi connectivity index (χ2v) is 9.65. The van der Waals surface area contributed by atoms with Gasteiger partial charge < -0.3 is 15.6 Å². The number of fused-ring (bicyclic) bond motifs is 1. The van der Waals surface area contributed by atoms with E-state index in [1.807, 2.05) is 62.4 Å². The van der Waals surface area contributed by atoms with Crippen LogP contribution < -0.4 is 10.5 Å². The molecule has 0 fully saturated rings. The topological polar surface area (TPSA) is 96.3 Å². The van der Waals surface area contributed by atoms with Gasteiger partial charge in [0.05, 0.1) is 18.3 Å². The summed E-state index contributed by atoms with van der Waals surface area (Å²) in [5.41, 5.74) is 10.1. The van der Waals surface area contributed by atoms with Gasteiger partial charge in [0.15, 0.2) is 0 Å². The number of aliphatic hydroxyl groups excluding tert-OH is 1. The highest BCUT2D eigenvalue weighted by Crippen LogP contribution is 2.32. The fraction of sp³-hybridized carbons (Fsp3) is 0.226. The van der Waals surface area contributed by atoms with Crippen LogP contribution in [0.2, 0.25) is 0 Å². The molecule has 0 unspecified atom stereocenters. The van der Waals surface area contributed by atoms with Gasteiger partial charge in [-0.05, 0) is 77.9 Å². The number of aliphatic hydroxyl groups is 1. The quantitative estimate of drug-likeness (QED) is 0.228. The Morgan fingerprint density at radius 3 is 2.56 bits per heavy atom. The molecule has 0 amide bonds. The van der Waals surface area contributed by atoms with Gasteiger partial charge in [-0.15, -0.1) is 0 Å². The molecule has 0 heterocycles. The summed E-state index contributed by atoms with van der Waals surface area (Å²) in [6, 6.07) is 27.1. The largest absolute Gasteiger partial charge is 0.492 e. The standard InChI is InChI=1S/C31H30N2O3/c1-31(2,33)30(35)28-17-21(15-25-9-3-4-11-27(25)28)8-6-14-36-29-13-12-24(18-26(29)19-32)23-10-5-7-22(16-23)20-34/h3-5,7,9-13,15-18,20,30,35H,6,8,14,33H2,1-2H3/t30-/m1/s1. The maximum atomic E-state index is 11.1. The fourth-order valence-electron chi connectivity index (χ4n) is 4.35. The van der Waals surface area contributed by atoms with Crippen LogP contribution in [0, 0.1) is 11.3 Å². The van der Waals surface area contributed by atoms with Crippen LogP contribution in [0.5, 0.6) is 5.75 Å². The molecule has 36 heavy (non-hydrogen) atoms. The summed E-state index contributed by atoms with van der Waals surface area (Å²) < 4.78 is 5.96. The summed E-state index contributed by atoms with van der Waals surface area (Å²) in [5, 5.41) is 22.6. The van der Waals surface area contributed by atoms with Crippen molar-refractivity contribution in [2.75, 3.05) is 6.61 Å². The van der Waals surface area contributed by atoms with Crippen LogP contribution in [0.15, 0.2) is 78.9 Å². The molecular weight excluding hydrogens is 448 g/mol. The smallest absolute Gasteiger partial charge is 0.150 e. The third kappa shape index (κ3) is 5.63. The molecule has 0 aliphatic carbocycles. The minimum Gasteiger partial charge on any atom is -0.492 e. The molecule has 5 nitrogen and oxygen atoms in total. The summed E-state index contributed by atoms with van der Waals surface area (Å²) in [4.78, 5) is 11.1. The van der Waals surface area contributed by atoms with E-state index in [0.717, 1.165) is 52.2 Å². The zero-order valence-electron chi connectivity index (χ0n) is 20.6. The van der Waals surface area contributed by atoms with Crippen LogP contribution in [0.1, 0.15) is 53.4 Å².